The van der Waals surface area contributed by atoms with Crippen molar-refractivity contribution in [3.8, 4) is 11.8 Å². The van der Waals surface area contributed by atoms with Crippen molar-refractivity contribution < 1.29 is 9.90 Å². The number of aromatic nitrogens is 1. The predicted molar refractivity (Wildman–Crippen MR) is 124 cm³/mol. The summed E-state index contributed by atoms with van der Waals surface area (Å²) >= 11 is 0. The minimum absolute atomic E-state index is 0.0359. The second-order valence-electron chi connectivity index (χ2n) is 8.20. The SMILES string of the molecule is O=C(NC[C@@H]1CCCN(Cc2ccc(C#CCCO)cc2)C1)c1cc2ccccc2[nH]1. The number of aromatic amines is 1. The van der Waals surface area contributed by atoms with Gasteiger partial charge in [0.25, 0.3) is 5.91 Å². The van der Waals surface area contributed by atoms with Crippen molar-refractivity contribution >= 4 is 16.8 Å². The number of nitrogens with zero attached hydrogens (tertiary/aromatic N) is 1. The summed E-state index contributed by atoms with van der Waals surface area (Å²) in [5.74, 6) is 6.45. The number of aliphatic hydroxyl groups is 1. The number of piperidine rings is 1. The van der Waals surface area contributed by atoms with E-state index in [9.17, 15) is 4.79 Å². The summed E-state index contributed by atoms with van der Waals surface area (Å²) in [6.45, 7) is 3.79. The number of amides is 1. The number of H-pyrrole nitrogens is 1. The number of benzene rings is 2. The lowest BCUT2D eigenvalue weighted by Crippen LogP contribution is -2.40. The van der Waals surface area contributed by atoms with E-state index in [0.29, 0.717) is 24.6 Å². The van der Waals surface area contributed by atoms with Crippen molar-refractivity contribution in [1.82, 2.24) is 15.2 Å². The Morgan fingerprint density at radius 2 is 2.03 bits per heavy atom. The van der Waals surface area contributed by atoms with Crippen molar-refractivity contribution in [3.63, 3.8) is 0 Å². The molecule has 2 aromatic carbocycles. The number of likely N-dealkylation sites (tertiary alicyclic amines) is 1. The number of hydrogen-bond acceptors (Lipinski definition) is 3. The molecule has 0 bridgehead atoms. The van der Waals surface area contributed by atoms with Gasteiger partial charge < -0.3 is 15.4 Å². The molecule has 5 heteroatoms. The van der Waals surface area contributed by atoms with Crippen LogP contribution in [0, 0.1) is 17.8 Å². The zero-order chi connectivity index (χ0) is 21.5. The first-order chi connectivity index (χ1) is 15.2. The van der Waals surface area contributed by atoms with Gasteiger partial charge >= 0.3 is 0 Å². The van der Waals surface area contributed by atoms with Crippen LogP contribution in [0.4, 0.5) is 0 Å². The lowest BCUT2D eigenvalue weighted by Gasteiger charge is -2.32. The maximum atomic E-state index is 12.6. The molecule has 160 valence electrons. The molecule has 1 aliphatic rings. The maximum absolute atomic E-state index is 12.6. The Bertz CT molecular complexity index is 1040. The normalized spacial score (nSPS) is 16.6. The Kier molecular flexibility index (Phi) is 7.03. The van der Waals surface area contributed by atoms with Gasteiger partial charge in [0.05, 0.1) is 6.61 Å². The zero-order valence-electron chi connectivity index (χ0n) is 17.7. The molecule has 31 heavy (non-hydrogen) atoms. The van der Waals surface area contributed by atoms with Crippen LogP contribution >= 0.6 is 0 Å². The molecular formula is C26H29N3O2. The molecule has 1 fully saturated rings. The average molecular weight is 416 g/mol. The largest absolute Gasteiger partial charge is 0.395 e. The average Bonchev–Trinajstić information content (AvgIpc) is 3.24. The van der Waals surface area contributed by atoms with Gasteiger partial charge in [0.1, 0.15) is 5.69 Å². The summed E-state index contributed by atoms with van der Waals surface area (Å²) in [6, 6.07) is 18.2. The molecule has 0 radical (unpaired) electrons. The monoisotopic (exact) mass is 415 g/mol. The summed E-state index contributed by atoms with van der Waals surface area (Å²) in [4.78, 5) is 18.2. The number of nitrogens with one attached hydrogen (secondary N) is 2. The third kappa shape index (κ3) is 5.75. The van der Waals surface area contributed by atoms with Gasteiger partial charge in [0, 0.05) is 42.5 Å². The van der Waals surface area contributed by atoms with Crippen molar-refractivity contribution in [2.45, 2.75) is 25.8 Å². The zero-order valence-corrected chi connectivity index (χ0v) is 17.7. The Hall–Kier alpha value is -3.07. The quantitative estimate of drug-likeness (QED) is 0.540. The van der Waals surface area contributed by atoms with E-state index in [1.165, 1.54) is 5.56 Å². The van der Waals surface area contributed by atoms with Crippen molar-refractivity contribution in [2.24, 2.45) is 5.92 Å². The van der Waals surface area contributed by atoms with E-state index in [1.807, 2.05) is 42.5 Å². The molecule has 1 saturated heterocycles. The highest BCUT2D eigenvalue weighted by molar-refractivity contribution is 5.97. The second kappa shape index (κ2) is 10.3. The second-order valence-corrected chi connectivity index (χ2v) is 8.20. The molecule has 3 N–H and O–H groups in total. The van der Waals surface area contributed by atoms with E-state index in [0.717, 1.165) is 48.9 Å². The van der Waals surface area contributed by atoms with Crippen molar-refractivity contribution in [2.75, 3.05) is 26.2 Å². The van der Waals surface area contributed by atoms with Gasteiger partial charge in [-0.05, 0) is 55.1 Å². The molecule has 1 aromatic heterocycles. The summed E-state index contributed by atoms with van der Waals surface area (Å²) in [5, 5.41) is 13.0. The summed E-state index contributed by atoms with van der Waals surface area (Å²) < 4.78 is 0. The predicted octanol–water partition coefficient (Wildman–Crippen LogP) is 3.54. The van der Waals surface area contributed by atoms with Gasteiger partial charge in [0.2, 0.25) is 0 Å². The van der Waals surface area contributed by atoms with Crippen LogP contribution in [0.5, 0.6) is 0 Å². The molecule has 5 nitrogen and oxygen atoms in total. The molecule has 3 aromatic rings. The highest BCUT2D eigenvalue weighted by Crippen LogP contribution is 2.19. The Morgan fingerprint density at radius 1 is 1.19 bits per heavy atom. The minimum Gasteiger partial charge on any atom is -0.395 e. The van der Waals surface area contributed by atoms with Gasteiger partial charge in [-0.3, -0.25) is 9.69 Å². The van der Waals surface area contributed by atoms with Crippen molar-refractivity contribution in [3.05, 3.63) is 71.4 Å². The Balaban J connectivity index is 1.27. The van der Waals surface area contributed by atoms with Crippen LogP contribution in [0.25, 0.3) is 10.9 Å². The minimum atomic E-state index is -0.0359. The number of hydrogen-bond donors (Lipinski definition) is 3. The van der Waals surface area contributed by atoms with Crippen LogP contribution in [-0.2, 0) is 6.54 Å². The highest BCUT2D eigenvalue weighted by Gasteiger charge is 2.21. The van der Waals surface area contributed by atoms with Gasteiger partial charge in [-0.2, -0.15) is 0 Å². The standard InChI is InChI=1S/C26H29N3O2/c30-15-4-3-6-20-10-12-21(13-11-20)18-29-14-5-7-22(19-29)17-27-26(31)25-16-23-8-1-2-9-24(23)28-25/h1-2,8-13,16,22,28,30H,4-5,7,14-15,17-19H2,(H,27,31)/t22-/m0/s1. The molecule has 0 aliphatic carbocycles. The molecule has 0 spiro atoms. The maximum Gasteiger partial charge on any atom is 0.267 e. The number of para-hydroxylation sites is 1. The van der Waals surface area contributed by atoms with E-state index in [1.54, 1.807) is 0 Å². The highest BCUT2D eigenvalue weighted by atomic mass is 16.2. The first kappa shape index (κ1) is 21.2. The van der Waals surface area contributed by atoms with Crippen LogP contribution in [0.1, 0.15) is 40.9 Å². The lowest BCUT2D eigenvalue weighted by atomic mass is 9.97. The molecule has 2 heterocycles. The van der Waals surface area contributed by atoms with E-state index in [-0.39, 0.29) is 12.5 Å². The summed E-state index contributed by atoms with van der Waals surface area (Å²) in [7, 11) is 0. The Labute approximate surface area is 183 Å². The summed E-state index contributed by atoms with van der Waals surface area (Å²) in [6.07, 6.45) is 2.80. The van der Waals surface area contributed by atoms with E-state index in [4.69, 9.17) is 5.11 Å². The number of carbonyl (C=O) groups is 1. The topological polar surface area (TPSA) is 68.4 Å². The van der Waals surface area contributed by atoms with Crippen LogP contribution in [0.2, 0.25) is 0 Å². The molecular weight excluding hydrogens is 386 g/mol. The number of rotatable bonds is 6. The first-order valence-corrected chi connectivity index (χ1v) is 11.0. The van der Waals surface area contributed by atoms with Gasteiger partial charge in [0.15, 0.2) is 0 Å². The van der Waals surface area contributed by atoms with Gasteiger partial charge in [-0.15, -0.1) is 0 Å². The molecule has 0 unspecified atom stereocenters. The fourth-order valence-electron chi connectivity index (χ4n) is 4.16. The molecule has 1 amide bonds. The van der Waals surface area contributed by atoms with Crippen LogP contribution in [0.15, 0.2) is 54.6 Å². The van der Waals surface area contributed by atoms with E-state index >= 15 is 0 Å². The van der Waals surface area contributed by atoms with Crippen molar-refractivity contribution in [1.29, 1.82) is 0 Å². The van der Waals surface area contributed by atoms with Crippen LogP contribution in [0.3, 0.4) is 0 Å². The van der Waals surface area contributed by atoms with Gasteiger partial charge in [-0.25, -0.2) is 0 Å². The first-order valence-electron chi connectivity index (χ1n) is 11.0. The number of carbonyl (C=O) groups excluding carboxylic acids is 1. The molecule has 1 atom stereocenters. The number of fused-ring (bicyclic) bond motifs is 1. The smallest absolute Gasteiger partial charge is 0.267 e. The molecule has 4 rings (SSSR count). The fourth-order valence-corrected chi connectivity index (χ4v) is 4.16. The lowest BCUT2D eigenvalue weighted by molar-refractivity contribution is 0.0926. The van der Waals surface area contributed by atoms with E-state index in [2.05, 4.69) is 39.2 Å². The third-order valence-corrected chi connectivity index (χ3v) is 5.76. The molecule has 1 aliphatic heterocycles. The number of aliphatic hydroxyl groups excluding tert-OH is 1. The molecule has 0 saturated carbocycles. The third-order valence-electron chi connectivity index (χ3n) is 5.76. The van der Waals surface area contributed by atoms with Crippen LogP contribution in [-0.4, -0.2) is 47.1 Å². The fraction of sp³-hybridized carbons (Fsp3) is 0.346. The van der Waals surface area contributed by atoms with E-state index < -0.39 is 0 Å². The Morgan fingerprint density at radius 3 is 2.84 bits per heavy atom. The summed E-state index contributed by atoms with van der Waals surface area (Å²) in [5.41, 5.74) is 3.86. The van der Waals surface area contributed by atoms with Crippen LogP contribution < -0.4 is 5.32 Å². The van der Waals surface area contributed by atoms with Gasteiger partial charge in [-0.1, -0.05) is 42.2 Å².